The van der Waals surface area contributed by atoms with Crippen molar-refractivity contribution in [2.75, 3.05) is 6.61 Å². The van der Waals surface area contributed by atoms with Gasteiger partial charge in [-0.3, -0.25) is 4.79 Å². The van der Waals surface area contributed by atoms with Crippen molar-refractivity contribution in [1.29, 1.82) is 0 Å². The second-order valence-corrected chi connectivity index (χ2v) is 25.5. The molecule has 0 aromatic heterocycles. The highest BCUT2D eigenvalue weighted by Crippen LogP contribution is 2.49. The molecule has 3 aromatic carbocycles. The summed E-state index contributed by atoms with van der Waals surface area (Å²) in [5.74, 6) is -0.0926. The van der Waals surface area contributed by atoms with Gasteiger partial charge in [-0.05, 0) is 141 Å². The second kappa shape index (κ2) is 21.7. The first-order valence-electron chi connectivity index (χ1n) is 29.6. The lowest BCUT2D eigenvalue weighted by Gasteiger charge is -2.55. The fourth-order valence-electron chi connectivity index (χ4n) is 15.5. The molecule has 3 aromatic rings. The maximum Gasteiger partial charge on any atom is 0.338 e. The number of carbonyl (C=O) groups is 2. The Morgan fingerprint density at radius 3 is 2.21 bits per heavy atom. The van der Waals surface area contributed by atoms with Crippen LogP contribution in [-0.4, -0.2) is 145 Å². The summed E-state index contributed by atoms with van der Waals surface area (Å²) in [4.78, 5) is 25.6. The number of fused-ring (bicyclic) bond motifs is 11. The van der Waals surface area contributed by atoms with Crippen LogP contribution in [0.5, 0.6) is 0 Å². The molecule has 78 heavy (non-hydrogen) atoms. The predicted octanol–water partition coefficient (Wildman–Crippen LogP) is 9.92. The van der Waals surface area contributed by atoms with Crippen LogP contribution in [0.2, 0.25) is 0 Å². The third kappa shape index (κ3) is 10.7. The van der Waals surface area contributed by atoms with Gasteiger partial charge >= 0.3 is 11.9 Å². The Balaban J connectivity index is 0.625. The lowest BCUT2D eigenvalue weighted by Crippen LogP contribution is -2.65. The van der Waals surface area contributed by atoms with Crippen molar-refractivity contribution in [1.82, 2.24) is 0 Å². The molecule has 1 N–H and O–H groups in total. The first kappa shape index (κ1) is 53.3. The zero-order valence-electron chi connectivity index (χ0n) is 45.8. The number of hydrogen-bond donors (Lipinski definition) is 1. The van der Waals surface area contributed by atoms with Crippen molar-refractivity contribution in [3.63, 3.8) is 0 Å². The average Bonchev–Trinajstić information content (AvgIpc) is 3.88. The highest BCUT2D eigenvalue weighted by Gasteiger charge is 2.57. The van der Waals surface area contributed by atoms with E-state index in [0.717, 1.165) is 78.5 Å². The fraction of sp³-hybridized carbons (Fsp3) is 0.656. The van der Waals surface area contributed by atoms with E-state index in [-0.39, 0.29) is 123 Å². The summed E-state index contributed by atoms with van der Waals surface area (Å²) in [7, 11) is 0. The predicted molar refractivity (Wildman–Crippen MR) is 290 cm³/mol. The number of rotatable bonds is 5. The molecule has 0 radical (unpaired) electrons. The largest absolute Gasteiger partial charge is 0.459 e. The van der Waals surface area contributed by atoms with E-state index >= 15 is 0 Å². The molecule has 13 rings (SSSR count). The van der Waals surface area contributed by atoms with Crippen LogP contribution in [-0.2, 0) is 56.9 Å². The lowest BCUT2D eigenvalue weighted by molar-refractivity contribution is -0.316. The quantitative estimate of drug-likeness (QED) is 0.146. The minimum Gasteiger partial charge on any atom is -0.459 e. The van der Waals surface area contributed by atoms with Crippen molar-refractivity contribution in [3.8, 4) is 0 Å². The van der Waals surface area contributed by atoms with E-state index in [9.17, 15) is 14.7 Å². The molecule has 0 amide bonds. The monoisotopic (exact) mass is 1070 g/mol. The van der Waals surface area contributed by atoms with Gasteiger partial charge in [0.05, 0.1) is 109 Å². The number of esters is 2. The van der Waals surface area contributed by atoms with E-state index < -0.39 is 29.4 Å². The minimum atomic E-state index is -0.739. The molecule has 10 heterocycles. The van der Waals surface area contributed by atoms with Crippen LogP contribution < -0.4 is 0 Å². The van der Waals surface area contributed by atoms with Crippen LogP contribution in [0.1, 0.15) is 134 Å². The van der Waals surface area contributed by atoms with Gasteiger partial charge in [-0.2, -0.15) is 0 Å². The van der Waals surface area contributed by atoms with Crippen molar-refractivity contribution in [3.05, 3.63) is 96.6 Å². The van der Waals surface area contributed by atoms with Crippen molar-refractivity contribution in [2.24, 2.45) is 11.8 Å². The first-order valence-corrected chi connectivity index (χ1v) is 29.6. The summed E-state index contributed by atoms with van der Waals surface area (Å²) in [6.45, 7) is 13.2. The number of benzene rings is 3. The molecule has 22 atom stereocenters. The van der Waals surface area contributed by atoms with Gasteiger partial charge in [-0.15, -0.1) is 0 Å². The second-order valence-electron chi connectivity index (χ2n) is 25.5. The number of hydrogen-bond acceptors (Lipinski definition) is 14. The highest BCUT2D eigenvalue weighted by atomic mass is 16.6. The molecule has 14 heteroatoms. The van der Waals surface area contributed by atoms with E-state index in [1.807, 2.05) is 24.3 Å². The summed E-state index contributed by atoms with van der Waals surface area (Å²) in [5, 5.41) is 15.9. The van der Waals surface area contributed by atoms with Crippen LogP contribution in [0, 0.1) is 11.8 Å². The number of aliphatic hydroxyl groups is 1. The Bertz CT molecular complexity index is 2780. The van der Waals surface area contributed by atoms with Crippen molar-refractivity contribution in [2.45, 2.75) is 245 Å². The van der Waals surface area contributed by atoms with E-state index in [1.165, 1.54) is 0 Å². The molecule has 10 aliphatic rings. The molecule has 0 spiro atoms. The molecular weight excluding hydrogens is 993 g/mol. The average molecular weight is 1070 g/mol. The van der Waals surface area contributed by atoms with Gasteiger partial charge in [0, 0.05) is 25.7 Å². The number of carbonyl (C=O) groups excluding carboxylic acids is 2. The van der Waals surface area contributed by atoms with Gasteiger partial charge in [0.25, 0.3) is 0 Å². The van der Waals surface area contributed by atoms with Gasteiger partial charge in [-0.25, -0.2) is 4.79 Å². The Labute approximate surface area is 458 Å². The van der Waals surface area contributed by atoms with E-state index in [4.69, 9.17) is 52.1 Å². The summed E-state index contributed by atoms with van der Waals surface area (Å²) >= 11 is 0. The highest BCUT2D eigenvalue weighted by molar-refractivity contribution is 6.01. The fourth-order valence-corrected chi connectivity index (χ4v) is 15.5. The summed E-state index contributed by atoms with van der Waals surface area (Å²) in [5.41, 5.74) is 0.0616. The molecular formula is C64H80O14. The summed E-state index contributed by atoms with van der Waals surface area (Å²) in [6.07, 6.45) is 14.5. The Hall–Kier alpha value is -4.06. The normalized spacial score (nSPS) is 45.2. The molecule has 0 bridgehead atoms. The lowest BCUT2D eigenvalue weighted by atomic mass is 9.78. The molecule has 8 saturated heterocycles. The Morgan fingerprint density at radius 1 is 0.641 bits per heavy atom. The number of aliphatic hydroxyl groups excluding tert-OH is 1. The van der Waals surface area contributed by atoms with Gasteiger partial charge in [0.1, 0.15) is 31.0 Å². The summed E-state index contributed by atoms with van der Waals surface area (Å²) < 4.78 is 74.8. The SMILES string of the molecule is C=C(COC(=O)c1ccc2cc3ccccc3cc2c1)CC1CC(O)C2OC3CC4(C)OC5/C=C\CC6OC7C(C)CC8OC9(C)CC(C)CC%10OC(=O)CC%10OC9CC8OC7C/C=C\CC6OC5CCCC4OC3CC2O1. The smallest absolute Gasteiger partial charge is 0.338 e. The Kier molecular flexibility index (Phi) is 14.8. The van der Waals surface area contributed by atoms with Gasteiger partial charge in [-0.1, -0.05) is 75.1 Å². The Morgan fingerprint density at radius 2 is 1.36 bits per heavy atom. The summed E-state index contributed by atoms with van der Waals surface area (Å²) in [6, 6.07) is 18.1. The first-order chi connectivity index (χ1) is 37.7. The molecule has 14 nitrogen and oxygen atoms in total. The zero-order chi connectivity index (χ0) is 53.5. The van der Waals surface area contributed by atoms with Gasteiger partial charge in [0.2, 0.25) is 0 Å². The van der Waals surface area contributed by atoms with Gasteiger partial charge in [0.15, 0.2) is 0 Å². The van der Waals surface area contributed by atoms with E-state index in [1.54, 1.807) is 6.07 Å². The minimum absolute atomic E-state index is 0.0607. The molecule has 22 unspecified atom stereocenters. The van der Waals surface area contributed by atoms with Crippen LogP contribution in [0.15, 0.2) is 91.1 Å². The maximum absolute atomic E-state index is 13.2. The van der Waals surface area contributed by atoms with E-state index in [0.29, 0.717) is 50.0 Å². The standard InChI is InChI=1S/C64H80O14/c1-35-23-50-53(31-59(66)74-50)73-58-30-52-54(78-63(58,4)32-35)24-37(3)60-49(71-52)15-9-8-14-45-46(75-60)16-10-18-48-47(70-45)17-11-19-57-64(5,77-48)33-56-51(72-57)29-55-61(76-56)44(65)28-43(69-55)22-36(2)34-68-62(67)41-21-20-40-25-38-12-6-7-13-39(38)26-42(40)27-41/h6-10,12-13,18,20-21,25-27,35,37,43-58,60-61,65H,2,11,14-17,19,22-24,28-34H2,1,3-5H3/b9-8-,18-10-. The van der Waals surface area contributed by atoms with Crippen LogP contribution in [0.4, 0.5) is 0 Å². The molecule has 420 valence electrons. The van der Waals surface area contributed by atoms with E-state index in [2.05, 4.69) is 82.8 Å². The molecule has 8 fully saturated rings. The third-order valence-corrected chi connectivity index (χ3v) is 19.4. The topological polar surface area (TPSA) is 156 Å². The third-order valence-electron chi connectivity index (χ3n) is 19.4. The maximum atomic E-state index is 13.2. The molecule has 10 aliphatic heterocycles. The van der Waals surface area contributed by atoms with Crippen LogP contribution in [0.3, 0.4) is 0 Å². The van der Waals surface area contributed by atoms with Gasteiger partial charge < -0.3 is 57.2 Å². The van der Waals surface area contributed by atoms with Crippen LogP contribution >= 0.6 is 0 Å². The van der Waals surface area contributed by atoms with Crippen molar-refractivity contribution >= 4 is 33.5 Å². The van der Waals surface area contributed by atoms with Crippen LogP contribution in [0.25, 0.3) is 21.5 Å². The van der Waals surface area contributed by atoms with Crippen molar-refractivity contribution < 1.29 is 66.8 Å². The molecule has 0 aliphatic carbocycles. The molecule has 0 saturated carbocycles. The number of ether oxygens (including phenoxy) is 11. The zero-order valence-corrected chi connectivity index (χ0v) is 45.8.